The molecule has 0 spiro atoms. The summed E-state index contributed by atoms with van der Waals surface area (Å²) in [7, 11) is 4.15. The molecule has 0 fully saturated rings. The van der Waals surface area contributed by atoms with Crippen LogP contribution < -0.4 is 0 Å². The molecule has 1 rings (SSSR count). The summed E-state index contributed by atoms with van der Waals surface area (Å²) in [6, 6.07) is 0.457. The van der Waals surface area contributed by atoms with Gasteiger partial charge in [-0.15, -0.1) is 5.70 Å². The van der Waals surface area contributed by atoms with Crippen molar-refractivity contribution >= 4 is 0 Å². The molecule has 0 aliphatic heterocycles. The Kier molecular flexibility index (Phi) is 2.58. The molecular weight excluding hydrogens is 148 g/mol. The van der Waals surface area contributed by atoms with Crippen molar-refractivity contribution < 1.29 is 0 Å². The normalized spacial score (nSPS) is 30.1. The molecule has 2 heteroatoms. The molecule has 68 valence electrons. The van der Waals surface area contributed by atoms with Gasteiger partial charge in [0.2, 0.25) is 0 Å². The largest absolute Gasteiger partial charge is 0.699 e. The summed E-state index contributed by atoms with van der Waals surface area (Å²) in [6.45, 7) is 4.23. The fourth-order valence-corrected chi connectivity index (χ4v) is 1.61. The van der Waals surface area contributed by atoms with E-state index in [1.165, 1.54) is 5.57 Å². The molecule has 0 aromatic heterocycles. The van der Waals surface area contributed by atoms with Gasteiger partial charge in [-0.05, 0) is 26.9 Å². The first-order valence-corrected chi connectivity index (χ1v) is 4.31. The zero-order valence-electron chi connectivity index (χ0n) is 8.26. The van der Waals surface area contributed by atoms with E-state index in [4.69, 9.17) is 5.73 Å². The van der Waals surface area contributed by atoms with Gasteiger partial charge in [-0.3, -0.25) is 0 Å². The highest BCUT2D eigenvalue weighted by atomic mass is 15.1. The van der Waals surface area contributed by atoms with E-state index in [0.29, 0.717) is 17.7 Å². The zero-order chi connectivity index (χ0) is 9.30. The summed E-state index contributed by atoms with van der Waals surface area (Å²) in [6.07, 6.45) is 4.01. The van der Waals surface area contributed by atoms with Gasteiger partial charge in [0.1, 0.15) is 0 Å². The van der Waals surface area contributed by atoms with Crippen LogP contribution in [-0.2, 0) is 0 Å². The maximum absolute atomic E-state index is 7.61. The highest BCUT2D eigenvalue weighted by molar-refractivity contribution is 5.35. The van der Waals surface area contributed by atoms with Gasteiger partial charge in [0.25, 0.3) is 0 Å². The third-order valence-electron chi connectivity index (χ3n) is 2.68. The molecule has 0 radical (unpaired) electrons. The third-order valence-corrected chi connectivity index (χ3v) is 2.68. The van der Waals surface area contributed by atoms with E-state index >= 15 is 0 Å². The minimum atomic E-state index is 0.457. The van der Waals surface area contributed by atoms with Crippen molar-refractivity contribution in [2.45, 2.75) is 19.9 Å². The lowest BCUT2D eigenvalue weighted by atomic mass is 9.88. The molecule has 1 aliphatic rings. The van der Waals surface area contributed by atoms with Gasteiger partial charge >= 0.3 is 0 Å². The summed E-state index contributed by atoms with van der Waals surface area (Å²) in [5.41, 5.74) is 9.49. The van der Waals surface area contributed by atoms with Gasteiger partial charge in [0.15, 0.2) is 0 Å². The molecule has 0 saturated carbocycles. The fourth-order valence-electron chi connectivity index (χ4n) is 1.61. The lowest BCUT2D eigenvalue weighted by Crippen LogP contribution is -2.34. The summed E-state index contributed by atoms with van der Waals surface area (Å²) >= 11 is 0. The molecule has 2 atom stereocenters. The first kappa shape index (κ1) is 9.33. The van der Waals surface area contributed by atoms with Gasteiger partial charge in [-0.1, -0.05) is 24.6 Å². The van der Waals surface area contributed by atoms with Gasteiger partial charge in [0, 0.05) is 6.04 Å². The second kappa shape index (κ2) is 3.31. The van der Waals surface area contributed by atoms with Gasteiger partial charge in [-0.2, -0.15) is 0 Å². The number of allylic oxidation sites excluding steroid dienone is 1. The summed E-state index contributed by atoms with van der Waals surface area (Å²) in [5, 5.41) is 0. The number of hydrogen-bond donors (Lipinski definition) is 0. The number of nitrogens with zero attached hydrogens (tertiary/aromatic N) is 1. The molecule has 0 bridgehead atoms. The Morgan fingerprint density at radius 2 is 2.00 bits per heavy atom. The van der Waals surface area contributed by atoms with Crippen LogP contribution in [0.25, 0.3) is 5.73 Å². The average Bonchev–Trinajstić information content (AvgIpc) is 2.00. The summed E-state index contributed by atoms with van der Waals surface area (Å²) in [5.74, 6) is 0.470. The lowest BCUT2D eigenvalue weighted by Gasteiger charge is -2.33. The monoisotopic (exact) mass is 165 g/mol. The van der Waals surface area contributed by atoms with E-state index in [9.17, 15) is 0 Å². The van der Waals surface area contributed by atoms with Crippen LogP contribution in [0.2, 0.25) is 0 Å². The van der Waals surface area contributed by atoms with Crippen LogP contribution >= 0.6 is 0 Å². The van der Waals surface area contributed by atoms with Gasteiger partial charge < -0.3 is 10.6 Å². The smallest absolute Gasteiger partial charge is 0.0337 e. The lowest BCUT2D eigenvalue weighted by molar-refractivity contribution is 0.286. The summed E-state index contributed by atoms with van der Waals surface area (Å²) < 4.78 is 0. The maximum Gasteiger partial charge on any atom is 0.0337 e. The standard InChI is InChI=1S/C10H17N2/c1-7-8(2)10(12(3)4)6-5-9(7)11/h5-6,8,10-11H,1-4H3/q-1. The quantitative estimate of drug-likeness (QED) is 0.586. The van der Waals surface area contributed by atoms with Crippen molar-refractivity contribution in [3.05, 3.63) is 29.2 Å². The highest BCUT2D eigenvalue weighted by Gasteiger charge is 2.20. The molecule has 0 heterocycles. The van der Waals surface area contributed by atoms with E-state index < -0.39 is 0 Å². The fraction of sp³-hybridized carbons (Fsp3) is 0.600. The molecular formula is C10H17N2-. The first-order valence-electron chi connectivity index (χ1n) is 4.31. The zero-order valence-corrected chi connectivity index (χ0v) is 8.26. The first-order chi connectivity index (χ1) is 5.54. The maximum atomic E-state index is 7.61. The van der Waals surface area contributed by atoms with Crippen molar-refractivity contribution in [3.8, 4) is 0 Å². The van der Waals surface area contributed by atoms with Crippen LogP contribution in [0.3, 0.4) is 0 Å². The SMILES string of the molecule is CC1=C([NH-])C=CC(N(C)C)C1C. The van der Waals surface area contributed by atoms with Gasteiger partial charge in [-0.25, -0.2) is 0 Å². The Morgan fingerprint density at radius 1 is 1.42 bits per heavy atom. The molecule has 1 aliphatic carbocycles. The Morgan fingerprint density at radius 3 is 2.50 bits per heavy atom. The van der Waals surface area contributed by atoms with E-state index in [-0.39, 0.29) is 0 Å². The van der Waals surface area contributed by atoms with Crippen molar-refractivity contribution in [3.63, 3.8) is 0 Å². The Balaban J connectivity index is 2.85. The predicted molar refractivity (Wildman–Crippen MR) is 52.8 cm³/mol. The van der Waals surface area contributed by atoms with Crippen LogP contribution in [0.15, 0.2) is 23.4 Å². The Hall–Kier alpha value is -0.760. The molecule has 1 N–H and O–H groups in total. The van der Waals surface area contributed by atoms with E-state index in [2.05, 4.69) is 32.0 Å². The second-order valence-corrected chi connectivity index (χ2v) is 3.70. The molecule has 12 heavy (non-hydrogen) atoms. The molecule has 0 amide bonds. The molecule has 0 aromatic rings. The van der Waals surface area contributed by atoms with E-state index in [0.717, 1.165) is 0 Å². The molecule has 0 aromatic carbocycles. The number of likely N-dealkylation sites (N-methyl/N-ethyl adjacent to an activating group) is 1. The number of nitrogens with one attached hydrogen (secondary N) is 1. The van der Waals surface area contributed by atoms with E-state index in [1.54, 1.807) is 0 Å². The van der Waals surface area contributed by atoms with Crippen LogP contribution in [-0.4, -0.2) is 25.0 Å². The molecule has 2 nitrogen and oxygen atoms in total. The Bertz CT molecular complexity index is 226. The van der Waals surface area contributed by atoms with Crippen LogP contribution in [0.4, 0.5) is 0 Å². The number of rotatable bonds is 1. The predicted octanol–water partition coefficient (Wildman–Crippen LogP) is 2.45. The minimum absolute atomic E-state index is 0.457. The third kappa shape index (κ3) is 1.53. The van der Waals surface area contributed by atoms with Crippen molar-refractivity contribution in [2.24, 2.45) is 5.92 Å². The minimum Gasteiger partial charge on any atom is -0.699 e. The van der Waals surface area contributed by atoms with Crippen LogP contribution in [0.5, 0.6) is 0 Å². The van der Waals surface area contributed by atoms with Crippen LogP contribution in [0.1, 0.15) is 13.8 Å². The van der Waals surface area contributed by atoms with Crippen molar-refractivity contribution in [2.75, 3.05) is 14.1 Å². The van der Waals surface area contributed by atoms with Gasteiger partial charge in [0.05, 0.1) is 0 Å². The van der Waals surface area contributed by atoms with E-state index in [1.807, 2.05) is 13.0 Å². The second-order valence-electron chi connectivity index (χ2n) is 3.70. The van der Waals surface area contributed by atoms with Crippen molar-refractivity contribution in [1.82, 2.24) is 4.90 Å². The average molecular weight is 165 g/mol. The highest BCUT2D eigenvalue weighted by Crippen LogP contribution is 2.27. The topological polar surface area (TPSA) is 27.0 Å². The molecule has 0 saturated heterocycles. The molecule has 2 unspecified atom stereocenters. The van der Waals surface area contributed by atoms with Crippen LogP contribution in [0, 0.1) is 5.92 Å². The summed E-state index contributed by atoms with van der Waals surface area (Å²) in [4.78, 5) is 2.19. The Labute approximate surface area is 74.7 Å². The van der Waals surface area contributed by atoms with Crippen molar-refractivity contribution in [1.29, 1.82) is 0 Å². The number of hydrogen-bond acceptors (Lipinski definition) is 1.